The van der Waals surface area contributed by atoms with Crippen LogP contribution in [0, 0.1) is 5.82 Å². The van der Waals surface area contributed by atoms with Gasteiger partial charge in [0.2, 0.25) is 0 Å². The van der Waals surface area contributed by atoms with E-state index in [0.717, 1.165) is 44.6 Å². The molecule has 22 heavy (non-hydrogen) atoms. The normalized spacial score (nSPS) is 16.9. The second kappa shape index (κ2) is 8.46. The number of anilines is 1. The molecule has 4 nitrogen and oxygen atoms in total. The van der Waals surface area contributed by atoms with Gasteiger partial charge in [-0.3, -0.25) is 0 Å². The predicted octanol–water partition coefficient (Wildman–Crippen LogP) is 2.09. The highest BCUT2D eigenvalue weighted by molar-refractivity contribution is 5.50. The number of nitrogens with one attached hydrogen (secondary N) is 1. The summed E-state index contributed by atoms with van der Waals surface area (Å²) in [4.78, 5) is 4.44. The zero-order valence-corrected chi connectivity index (χ0v) is 13.9. The number of piperidine rings is 1. The summed E-state index contributed by atoms with van der Waals surface area (Å²) in [6.07, 6.45) is 2.17. The van der Waals surface area contributed by atoms with Crippen molar-refractivity contribution in [3.63, 3.8) is 0 Å². The fourth-order valence-corrected chi connectivity index (χ4v) is 2.92. The van der Waals surface area contributed by atoms with Gasteiger partial charge in [0.05, 0.1) is 12.3 Å². The first kappa shape index (κ1) is 17.2. The molecule has 1 aromatic rings. The molecule has 2 rings (SSSR count). The topological polar surface area (TPSA) is 27.7 Å². The van der Waals surface area contributed by atoms with Gasteiger partial charge in [0.25, 0.3) is 0 Å². The Labute approximate surface area is 133 Å². The number of rotatable bonds is 7. The van der Waals surface area contributed by atoms with Crippen molar-refractivity contribution < 1.29 is 9.13 Å². The molecule has 0 amide bonds. The Kier molecular flexibility index (Phi) is 6.61. The number of hydrogen-bond donors (Lipinski definition) is 1. The first-order chi connectivity index (χ1) is 10.6. The molecule has 124 valence electrons. The molecule has 0 aromatic heterocycles. The van der Waals surface area contributed by atoms with Crippen molar-refractivity contribution in [3.8, 4) is 0 Å². The van der Waals surface area contributed by atoms with Gasteiger partial charge in [0.15, 0.2) is 0 Å². The lowest BCUT2D eigenvalue weighted by molar-refractivity contribution is 0.199. The second-order valence-electron chi connectivity index (χ2n) is 6.10. The lowest BCUT2D eigenvalue weighted by Crippen LogP contribution is -2.42. The molecular weight excluding hydrogens is 281 g/mol. The van der Waals surface area contributed by atoms with Crippen molar-refractivity contribution in [1.29, 1.82) is 0 Å². The number of methoxy groups -OCH3 is 1. The van der Waals surface area contributed by atoms with Gasteiger partial charge < -0.3 is 19.9 Å². The predicted molar refractivity (Wildman–Crippen MR) is 88.9 cm³/mol. The SMILES string of the molecule is COCCNCc1ccc(F)c(N(C)C2CCN(C)CC2)c1. The Hall–Kier alpha value is -1.17. The number of hydrogen-bond acceptors (Lipinski definition) is 4. The van der Waals surface area contributed by atoms with Crippen LogP contribution in [0.3, 0.4) is 0 Å². The van der Waals surface area contributed by atoms with Gasteiger partial charge in [-0.1, -0.05) is 6.07 Å². The van der Waals surface area contributed by atoms with Crippen LogP contribution in [-0.4, -0.2) is 58.4 Å². The summed E-state index contributed by atoms with van der Waals surface area (Å²) in [7, 11) is 5.84. The minimum Gasteiger partial charge on any atom is -0.383 e. The highest BCUT2D eigenvalue weighted by atomic mass is 19.1. The van der Waals surface area contributed by atoms with E-state index in [1.165, 1.54) is 0 Å². The van der Waals surface area contributed by atoms with Crippen LogP contribution in [0.1, 0.15) is 18.4 Å². The molecule has 1 aliphatic rings. The maximum atomic E-state index is 14.2. The van der Waals surface area contributed by atoms with E-state index in [2.05, 4.69) is 22.2 Å². The molecule has 0 spiro atoms. The average Bonchev–Trinajstić information content (AvgIpc) is 2.53. The van der Waals surface area contributed by atoms with Crippen molar-refractivity contribution in [2.75, 3.05) is 52.3 Å². The van der Waals surface area contributed by atoms with Crippen molar-refractivity contribution >= 4 is 5.69 Å². The van der Waals surface area contributed by atoms with Crippen molar-refractivity contribution in [2.24, 2.45) is 0 Å². The first-order valence-electron chi connectivity index (χ1n) is 8.01. The molecule has 5 heteroatoms. The van der Waals surface area contributed by atoms with Gasteiger partial charge in [-0.05, 0) is 50.7 Å². The molecule has 1 N–H and O–H groups in total. The van der Waals surface area contributed by atoms with Crippen molar-refractivity contribution in [2.45, 2.75) is 25.4 Å². The van der Waals surface area contributed by atoms with E-state index in [4.69, 9.17) is 4.74 Å². The Morgan fingerprint density at radius 1 is 1.36 bits per heavy atom. The largest absolute Gasteiger partial charge is 0.383 e. The number of halogens is 1. The molecule has 0 bridgehead atoms. The standard InChI is InChI=1S/C17H28FN3O/c1-20-9-6-15(7-10-20)21(2)17-12-14(4-5-16(17)18)13-19-8-11-22-3/h4-5,12,15,19H,6-11,13H2,1-3H3. The van der Waals surface area contributed by atoms with Crippen LogP contribution in [0.4, 0.5) is 10.1 Å². The lowest BCUT2D eigenvalue weighted by Gasteiger charge is -2.36. The Bertz CT molecular complexity index is 461. The summed E-state index contributed by atoms with van der Waals surface area (Å²) in [5.74, 6) is -0.137. The van der Waals surface area contributed by atoms with Crippen LogP contribution in [0.25, 0.3) is 0 Å². The summed E-state index contributed by atoms with van der Waals surface area (Å²) in [6, 6.07) is 5.81. The molecule has 1 aliphatic heterocycles. The third-order valence-electron chi connectivity index (χ3n) is 4.44. The van der Waals surface area contributed by atoms with Crippen LogP contribution in [0.2, 0.25) is 0 Å². The van der Waals surface area contributed by atoms with Gasteiger partial charge in [0.1, 0.15) is 5.82 Å². The zero-order chi connectivity index (χ0) is 15.9. The van der Waals surface area contributed by atoms with Gasteiger partial charge in [-0.25, -0.2) is 4.39 Å². The molecule has 1 fully saturated rings. The number of ether oxygens (including phenoxy) is 1. The minimum absolute atomic E-state index is 0.137. The highest BCUT2D eigenvalue weighted by Crippen LogP contribution is 2.25. The van der Waals surface area contributed by atoms with Gasteiger partial charge in [0, 0.05) is 33.3 Å². The summed E-state index contributed by atoms with van der Waals surface area (Å²) >= 11 is 0. The average molecular weight is 309 g/mol. The zero-order valence-electron chi connectivity index (χ0n) is 13.9. The van der Waals surface area contributed by atoms with E-state index in [1.54, 1.807) is 13.2 Å². The molecule has 1 saturated heterocycles. The summed E-state index contributed by atoms with van der Waals surface area (Å²) in [5, 5.41) is 3.30. The lowest BCUT2D eigenvalue weighted by atomic mass is 10.0. The van der Waals surface area contributed by atoms with E-state index >= 15 is 0 Å². The second-order valence-corrected chi connectivity index (χ2v) is 6.10. The van der Waals surface area contributed by atoms with Crippen LogP contribution in [0.15, 0.2) is 18.2 Å². The quantitative estimate of drug-likeness (QED) is 0.781. The summed E-state index contributed by atoms with van der Waals surface area (Å²) < 4.78 is 19.2. The number of likely N-dealkylation sites (tertiary alicyclic amines) is 1. The fourth-order valence-electron chi connectivity index (χ4n) is 2.92. The van der Waals surface area contributed by atoms with Gasteiger partial charge >= 0.3 is 0 Å². The Morgan fingerprint density at radius 3 is 2.77 bits per heavy atom. The van der Waals surface area contributed by atoms with Crippen LogP contribution >= 0.6 is 0 Å². The van der Waals surface area contributed by atoms with E-state index in [9.17, 15) is 4.39 Å². The Morgan fingerprint density at radius 2 is 2.09 bits per heavy atom. The summed E-state index contributed by atoms with van der Waals surface area (Å²) in [6.45, 7) is 4.37. The molecule has 0 unspecified atom stereocenters. The van der Waals surface area contributed by atoms with E-state index in [0.29, 0.717) is 18.3 Å². The third-order valence-corrected chi connectivity index (χ3v) is 4.44. The maximum Gasteiger partial charge on any atom is 0.146 e. The van der Waals surface area contributed by atoms with E-state index in [-0.39, 0.29) is 5.82 Å². The molecule has 0 saturated carbocycles. The van der Waals surface area contributed by atoms with Crippen molar-refractivity contribution in [3.05, 3.63) is 29.6 Å². The smallest absolute Gasteiger partial charge is 0.146 e. The van der Waals surface area contributed by atoms with Gasteiger partial charge in [-0.2, -0.15) is 0 Å². The maximum absolute atomic E-state index is 14.2. The molecule has 0 atom stereocenters. The van der Waals surface area contributed by atoms with Crippen LogP contribution in [0.5, 0.6) is 0 Å². The monoisotopic (exact) mass is 309 g/mol. The van der Waals surface area contributed by atoms with Crippen molar-refractivity contribution in [1.82, 2.24) is 10.2 Å². The molecule has 1 heterocycles. The first-order valence-corrected chi connectivity index (χ1v) is 8.01. The molecular formula is C17H28FN3O. The fraction of sp³-hybridized carbons (Fsp3) is 0.647. The highest BCUT2D eigenvalue weighted by Gasteiger charge is 2.22. The van der Waals surface area contributed by atoms with Gasteiger partial charge in [-0.15, -0.1) is 0 Å². The summed E-state index contributed by atoms with van der Waals surface area (Å²) in [5.41, 5.74) is 1.81. The number of benzene rings is 1. The van der Waals surface area contributed by atoms with E-state index in [1.807, 2.05) is 19.2 Å². The Balaban J connectivity index is 1.99. The molecule has 0 radical (unpaired) electrons. The number of nitrogens with zero attached hydrogens (tertiary/aromatic N) is 2. The third kappa shape index (κ3) is 4.66. The minimum atomic E-state index is -0.137. The van der Waals surface area contributed by atoms with Crippen LogP contribution in [-0.2, 0) is 11.3 Å². The van der Waals surface area contributed by atoms with E-state index < -0.39 is 0 Å². The molecule has 0 aliphatic carbocycles. The molecule has 1 aromatic carbocycles. The van der Waals surface area contributed by atoms with Crippen LogP contribution < -0.4 is 10.2 Å².